The van der Waals surface area contributed by atoms with Crippen LogP contribution in [0, 0.1) is 13.8 Å². The molecule has 0 atom stereocenters. The predicted molar refractivity (Wildman–Crippen MR) is 84.2 cm³/mol. The van der Waals surface area contributed by atoms with Gasteiger partial charge in [0.15, 0.2) is 0 Å². The van der Waals surface area contributed by atoms with Crippen LogP contribution in [0.5, 0.6) is 0 Å². The molecule has 0 spiro atoms. The van der Waals surface area contributed by atoms with Gasteiger partial charge in [-0.05, 0) is 47.9 Å². The molecule has 0 bridgehead atoms. The van der Waals surface area contributed by atoms with Crippen molar-refractivity contribution in [1.82, 2.24) is 9.97 Å². The normalized spacial score (nSPS) is 11.3. The summed E-state index contributed by atoms with van der Waals surface area (Å²) >= 11 is 0. The van der Waals surface area contributed by atoms with Crippen molar-refractivity contribution in [3.63, 3.8) is 0 Å². The van der Waals surface area contributed by atoms with Gasteiger partial charge in [-0.2, -0.15) is 0 Å². The lowest BCUT2D eigenvalue weighted by Gasteiger charge is -2.15. The molecule has 6 nitrogen and oxygen atoms in total. The zero-order valence-electron chi connectivity index (χ0n) is 11.4. The van der Waals surface area contributed by atoms with Gasteiger partial charge in [-0.3, -0.25) is 0 Å². The topological polar surface area (TPSA) is 130 Å². The highest BCUT2D eigenvalue weighted by Gasteiger charge is 2.15. The Morgan fingerprint density at radius 3 is 1.40 bits per heavy atom. The van der Waals surface area contributed by atoms with E-state index in [1.807, 2.05) is 26.0 Å². The number of aromatic nitrogens is 2. The van der Waals surface area contributed by atoms with Gasteiger partial charge in [-0.1, -0.05) is 0 Å². The van der Waals surface area contributed by atoms with E-state index < -0.39 is 0 Å². The Kier molecular flexibility index (Phi) is 2.37. The molecule has 20 heavy (non-hydrogen) atoms. The average Bonchev–Trinajstić information content (AvgIpc) is 2.34. The summed E-state index contributed by atoms with van der Waals surface area (Å²) in [4.78, 5) is 8.27. The molecule has 0 aliphatic rings. The number of pyridine rings is 2. The fourth-order valence-electron chi connectivity index (χ4n) is 2.82. The first-order valence-corrected chi connectivity index (χ1v) is 6.20. The van der Waals surface area contributed by atoms with Gasteiger partial charge in [0.2, 0.25) is 0 Å². The molecule has 1 aromatic carbocycles. The van der Waals surface area contributed by atoms with Crippen molar-refractivity contribution in [3.8, 4) is 0 Å². The number of hydrogen-bond donors (Lipinski definition) is 4. The molecule has 0 amide bonds. The lowest BCUT2D eigenvalue weighted by molar-refractivity contribution is 1.34. The van der Waals surface area contributed by atoms with Crippen LogP contribution in [0.4, 0.5) is 23.3 Å². The molecule has 2 heterocycles. The molecular formula is C14H16N6. The number of benzene rings is 1. The molecule has 0 saturated carbocycles. The second-order valence-corrected chi connectivity index (χ2v) is 4.96. The Balaban J connectivity index is 2.68. The number of fused-ring (bicyclic) bond motifs is 2. The maximum atomic E-state index is 6.02. The highest BCUT2D eigenvalue weighted by molar-refractivity contribution is 6.12. The van der Waals surface area contributed by atoms with E-state index in [0.717, 1.165) is 32.7 Å². The molecule has 0 aliphatic carbocycles. The van der Waals surface area contributed by atoms with Gasteiger partial charge in [-0.25, -0.2) is 9.97 Å². The van der Waals surface area contributed by atoms with Crippen LogP contribution in [0.3, 0.4) is 0 Å². The van der Waals surface area contributed by atoms with E-state index >= 15 is 0 Å². The number of nitrogen functional groups attached to an aromatic ring is 4. The Morgan fingerprint density at radius 2 is 1.05 bits per heavy atom. The third kappa shape index (κ3) is 1.51. The molecule has 3 rings (SSSR count). The van der Waals surface area contributed by atoms with Gasteiger partial charge in [0.1, 0.15) is 23.3 Å². The van der Waals surface area contributed by atoms with E-state index in [1.165, 1.54) is 0 Å². The van der Waals surface area contributed by atoms with E-state index in [-0.39, 0.29) is 0 Å². The Labute approximate surface area is 115 Å². The van der Waals surface area contributed by atoms with E-state index in [2.05, 4.69) is 9.97 Å². The quantitative estimate of drug-likeness (QED) is 0.459. The van der Waals surface area contributed by atoms with Crippen molar-refractivity contribution in [3.05, 3.63) is 23.3 Å². The first kappa shape index (κ1) is 12.3. The van der Waals surface area contributed by atoms with E-state index in [0.29, 0.717) is 23.3 Å². The summed E-state index contributed by atoms with van der Waals surface area (Å²) in [5.41, 5.74) is 25.6. The second-order valence-electron chi connectivity index (χ2n) is 4.96. The van der Waals surface area contributed by atoms with Crippen LogP contribution in [0.25, 0.3) is 21.5 Å². The maximum absolute atomic E-state index is 6.02. The summed E-state index contributed by atoms with van der Waals surface area (Å²) < 4.78 is 0. The fraction of sp³-hybridized carbons (Fsp3) is 0.143. The minimum absolute atomic E-state index is 0.388. The summed E-state index contributed by atoms with van der Waals surface area (Å²) in [6, 6.07) is 3.62. The Morgan fingerprint density at radius 1 is 0.700 bits per heavy atom. The zero-order valence-corrected chi connectivity index (χ0v) is 11.4. The zero-order chi connectivity index (χ0) is 14.6. The number of anilines is 4. The van der Waals surface area contributed by atoms with Crippen LogP contribution in [-0.2, 0) is 0 Å². The molecule has 0 radical (unpaired) electrons. The van der Waals surface area contributed by atoms with E-state index in [4.69, 9.17) is 22.9 Å². The van der Waals surface area contributed by atoms with Crippen molar-refractivity contribution in [2.75, 3.05) is 22.9 Å². The van der Waals surface area contributed by atoms with Crippen molar-refractivity contribution in [2.24, 2.45) is 0 Å². The Hall–Kier alpha value is -2.76. The minimum Gasteiger partial charge on any atom is -0.384 e. The molecule has 0 aliphatic heterocycles. The van der Waals surface area contributed by atoms with Crippen molar-refractivity contribution in [1.29, 1.82) is 0 Å². The molecule has 2 aromatic heterocycles. The number of nitrogens with two attached hydrogens (primary N) is 4. The van der Waals surface area contributed by atoms with Crippen molar-refractivity contribution < 1.29 is 0 Å². The molecule has 6 heteroatoms. The summed E-state index contributed by atoms with van der Waals surface area (Å²) in [5, 5.41) is 3.65. The molecule has 0 fully saturated rings. The fourth-order valence-corrected chi connectivity index (χ4v) is 2.82. The number of nitrogens with zero attached hydrogens (tertiary/aromatic N) is 2. The SMILES string of the molecule is Cc1c2cc(N)nc(N)c2c(C)c2cc(N)nc(N)c12. The monoisotopic (exact) mass is 268 g/mol. The van der Waals surface area contributed by atoms with Crippen LogP contribution < -0.4 is 22.9 Å². The van der Waals surface area contributed by atoms with Crippen LogP contribution in [0.1, 0.15) is 11.1 Å². The summed E-state index contributed by atoms with van der Waals surface area (Å²) in [6.07, 6.45) is 0. The number of rotatable bonds is 0. The van der Waals surface area contributed by atoms with Crippen LogP contribution in [-0.4, -0.2) is 9.97 Å². The van der Waals surface area contributed by atoms with Crippen molar-refractivity contribution in [2.45, 2.75) is 13.8 Å². The molecule has 0 unspecified atom stereocenters. The van der Waals surface area contributed by atoms with E-state index in [9.17, 15) is 0 Å². The van der Waals surface area contributed by atoms with Crippen LogP contribution in [0.15, 0.2) is 12.1 Å². The van der Waals surface area contributed by atoms with Gasteiger partial charge >= 0.3 is 0 Å². The maximum Gasteiger partial charge on any atom is 0.134 e. The van der Waals surface area contributed by atoms with Gasteiger partial charge in [-0.15, -0.1) is 0 Å². The molecule has 3 aromatic rings. The molecule has 8 N–H and O–H groups in total. The second kappa shape index (κ2) is 3.86. The summed E-state index contributed by atoms with van der Waals surface area (Å²) in [7, 11) is 0. The van der Waals surface area contributed by atoms with Crippen LogP contribution >= 0.6 is 0 Å². The molecule has 102 valence electrons. The van der Waals surface area contributed by atoms with Gasteiger partial charge in [0, 0.05) is 10.8 Å². The van der Waals surface area contributed by atoms with Gasteiger partial charge in [0.25, 0.3) is 0 Å². The summed E-state index contributed by atoms with van der Waals surface area (Å²) in [6.45, 7) is 3.94. The van der Waals surface area contributed by atoms with Crippen molar-refractivity contribution >= 4 is 44.8 Å². The summed E-state index contributed by atoms with van der Waals surface area (Å²) in [5.74, 6) is 1.60. The highest BCUT2D eigenvalue weighted by Crippen LogP contribution is 2.37. The van der Waals surface area contributed by atoms with Crippen LogP contribution in [0.2, 0.25) is 0 Å². The van der Waals surface area contributed by atoms with Gasteiger partial charge < -0.3 is 22.9 Å². The predicted octanol–water partition coefficient (Wildman–Crippen LogP) is 1.73. The third-order valence-corrected chi connectivity index (χ3v) is 3.69. The lowest BCUT2D eigenvalue weighted by atomic mass is 9.94. The standard InChI is InChI=1S/C14H16N6/c1-5-7-3-9(15)20-14(18)12(7)6(2)8-4-10(16)19-13(17)11(5)8/h3-4H,1-2H3,(H4,16,17,19)(H4,15,18,20). The lowest BCUT2D eigenvalue weighted by Crippen LogP contribution is -2.03. The first-order chi connectivity index (χ1) is 9.40. The number of aryl methyl sites for hydroxylation is 2. The van der Waals surface area contributed by atoms with E-state index in [1.54, 1.807) is 0 Å². The third-order valence-electron chi connectivity index (χ3n) is 3.69. The molecular weight excluding hydrogens is 252 g/mol. The molecule has 0 saturated heterocycles. The average molecular weight is 268 g/mol. The minimum atomic E-state index is 0.388. The number of hydrogen-bond acceptors (Lipinski definition) is 6. The Bertz CT molecular complexity index is 796. The largest absolute Gasteiger partial charge is 0.384 e. The van der Waals surface area contributed by atoms with Gasteiger partial charge in [0.05, 0.1) is 0 Å². The first-order valence-electron chi connectivity index (χ1n) is 6.20. The highest BCUT2D eigenvalue weighted by atomic mass is 14.9. The smallest absolute Gasteiger partial charge is 0.134 e.